The zero-order chi connectivity index (χ0) is 21.9. The highest BCUT2D eigenvalue weighted by Crippen LogP contribution is 2.60. The third kappa shape index (κ3) is 4.85. The Kier molecular flexibility index (Phi) is 7.98. The zero-order valence-corrected chi connectivity index (χ0v) is 19.9. The van der Waals surface area contributed by atoms with E-state index >= 15 is 0 Å². The van der Waals surface area contributed by atoms with Crippen LogP contribution in [-0.2, 0) is 24.0 Å². The van der Waals surface area contributed by atoms with E-state index in [1.165, 1.54) is 38.5 Å². The lowest BCUT2D eigenvalue weighted by molar-refractivity contribution is -0.577. The molecule has 0 radical (unpaired) electrons. The highest BCUT2D eigenvalue weighted by molar-refractivity contribution is 5.09. The lowest BCUT2D eigenvalue weighted by atomic mass is 9.58. The van der Waals surface area contributed by atoms with Crippen LogP contribution in [0.15, 0.2) is 0 Å². The van der Waals surface area contributed by atoms with Crippen molar-refractivity contribution in [1.82, 2.24) is 0 Å². The van der Waals surface area contributed by atoms with Gasteiger partial charge in [-0.1, -0.05) is 52.4 Å². The van der Waals surface area contributed by atoms with E-state index in [-0.39, 0.29) is 12.2 Å². The lowest BCUT2D eigenvalue weighted by Crippen LogP contribution is -2.70. The van der Waals surface area contributed by atoms with Crippen LogP contribution in [-0.4, -0.2) is 42.3 Å². The van der Waals surface area contributed by atoms with Crippen LogP contribution in [0.25, 0.3) is 0 Å². The molecule has 0 unspecified atom stereocenters. The number of aliphatic hydroxyl groups excluding tert-OH is 1. The zero-order valence-electron chi connectivity index (χ0n) is 19.9. The van der Waals surface area contributed by atoms with Crippen LogP contribution in [0, 0.1) is 23.7 Å². The molecule has 4 heterocycles. The number of ether oxygens (including phenoxy) is 3. The summed E-state index contributed by atoms with van der Waals surface area (Å²) in [5, 5.41) is 8.83. The number of fused-ring (bicyclic) bond motifs is 2. The first kappa shape index (κ1) is 23.9. The quantitative estimate of drug-likeness (QED) is 0.346. The summed E-state index contributed by atoms with van der Waals surface area (Å²) in [5.74, 6) is 0.857. The average molecular weight is 441 g/mol. The molecule has 0 aromatic carbocycles. The molecular formula is C25H44O6. The Labute approximate surface area is 188 Å². The van der Waals surface area contributed by atoms with Gasteiger partial charge in [-0.15, -0.1) is 0 Å². The van der Waals surface area contributed by atoms with Gasteiger partial charge in [0.1, 0.15) is 0 Å². The van der Waals surface area contributed by atoms with E-state index in [1.807, 2.05) is 6.92 Å². The maximum atomic E-state index is 8.83. The summed E-state index contributed by atoms with van der Waals surface area (Å²) in [6.07, 6.45) is 13.0. The van der Waals surface area contributed by atoms with Crippen molar-refractivity contribution in [2.75, 3.05) is 13.2 Å². The lowest BCUT2D eigenvalue weighted by Gasteiger charge is -2.60. The topological polar surface area (TPSA) is 66.4 Å². The first-order valence-corrected chi connectivity index (χ1v) is 12.9. The van der Waals surface area contributed by atoms with Crippen molar-refractivity contribution in [3.8, 4) is 0 Å². The van der Waals surface area contributed by atoms with Crippen molar-refractivity contribution in [3.05, 3.63) is 0 Å². The fourth-order valence-corrected chi connectivity index (χ4v) is 6.54. The molecule has 4 aliphatic heterocycles. The first-order valence-electron chi connectivity index (χ1n) is 12.9. The molecule has 1 spiro atoms. The third-order valence-corrected chi connectivity index (χ3v) is 8.43. The van der Waals surface area contributed by atoms with Crippen LogP contribution in [0.4, 0.5) is 0 Å². The summed E-state index contributed by atoms with van der Waals surface area (Å²) in [6, 6.07) is 0. The molecule has 5 aliphatic rings. The molecule has 8 atom stereocenters. The maximum Gasteiger partial charge on any atom is 0.201 e. The summed E-state index contributed by atoms with van der Waals surface area (Å²) in [6.45, 7) is 7.63. The van der Waals surface area contributed by atoms with Gasteiger partial charge in [0.15, 0.2) is 18.2 Å². The average Bonchev–Trinajstić information content (AvgIpc) is 2.99. The van der Waals surface area contributed by atoms with Gasteiger partial charge in [-0.05, 0) is 50.9 Å². The monoisotopic (exact) mass is 440 g/mol. The molecule has 5 fully saturated rings. The summed E-state index contributed by atoms with van der Waals surface area (Å²) >= 11 is 0. The molecule has 1 saturated carbocycles. The Morgan fingerprint density at radius 2 is 1.58 bits per heavy atom. The predicted octanol–water partition coefficient (Wildman–Crippen LogP) is 5.32. The molecule has 1 N–H and O–H groups in total. The largest absolute Gasteiger partial charge is 0.396 e. The fourth-order valence-electron chi connectivity index (χ4n) is 6.54. The van der Waals surface area contributed by atoms with E-state index in [4.69, 9.17) is 29.1 Å². The van der Waals surface area contributed by atoms with Crippen LogP contribution < -0.4 is 0 Å². The van der Waals surface area contributed by atoms with Gasteiger partial charge < -0.3 is 19.3 Å². The Balaban J connectivity index is 1.27. The smallest absolute Gasteiger partial charge is 0.201 e. The van der Waals surface area contributed by atoms with Gasteiger partial charge >= 0.3 is 0 Å². The van der Waals surface area contributed by atoms with Gasteiger partial charge in [0.2, 0.25) is 5.79 Å². The molecule has 6 heteroatoms. The molecule has 1 aliphatic carbocycles. The predicted molar refractivity (Wildman–Crippen MR) is 117 cm³/mol. The van der Waals surface area contributed by atoms with Crippen molar-refractivity contribution >= 4 is 0 Å². The Hall–Kier alpha value is -0.240. The van der Waals surface area contributed by atoms with Gasteiger partial charge in [-0.3, -0.25) is 0 Å². The van der Waals surface area contributed by atoms with Gasteiger partial charge in [-0.2, -0.15) is 0 Å². The van der Waals surface area contributed by atoms with Gasteiger partial charge in [-0.25, -0.2) is 9.78 Å². The van der Waals surface area contributed by atoms with Gasteiger partial charge in [0, 0.05) is 31.5 Å². The minimum absolute atomic E-state index is 0.236. The molecule has 0 aromatic rings. The number of hydrogen-bond donors (Lipinski definition) is 1. The minimum Gasteiger partial charge on any atom is -0.396 e. The summed E-state index contributed by atoms with van der Waals surface area (Å²) in [4.78, 5) is 12.1. The number of hydrogen-bond acceptors (Lipinski definition) is 6. The second kappa shape index (κ2) is 10.4. The molecule has 31 heavy (non-hydrogen) atoms. The standard InChI is InChI=1S/C25H44O6/c1-18-12-13-21-19(2)22(27-17-11-9-7-5-4-6-8-10-16-26)28-23-25(21)20(18)14-15-24(3,29-23)30-31-25/h18-23,26H,4-17H2,1-3H3/t18-,19-,20+,21+,22+,23-,24-,25-/m1/s1. The Bertz CT molecular complexity index is 572. The summed E-state index contributed by atoms with van der Waals surface area (Å²) in [7, 11) is 0. The van der Waals surface area contributed by atoms with Crippen molar-refractivity contribution in [2.45, 2.75) is 122 Å². The second-order valence-electron chi connectivity index (χ2n) is 10.7. The van der Waals surface area contributed by atoms with Crippen molar-refractivity contribution in [2.24, 2.45) is 23.7 Å². The fraction of sp³-hybridized carbons (Fsp3) is 1.00. The molecule has 0 amide bonds. The van der Waals surface area contributed by atoms with E-state index in [9.17, 15) is 0 Å². The number of unbranched alkanes of at least 4 members (excludes halogenated alkanes) is 7. The highest BCUT2D eigenvalue weighted by Gasteiger charge is 2.69. The van der Waals surface area contributed by atoms with E-state index in [1.54, 1.807) is 0 Å². The SMILES string of the molecule is C[C@H]1[C@@H](OCCCCCCCCCCO)O[C@@H]2O[C@@]3(C)CC[C@H]4[C@H](C)CC[C@@H]1[C@@]24OO3. The molecule has 5 rings (SSSR count). The van der Waals surface area contributed by atoms with E-state index in [2.05, 4.69) is 13.8 Å². The molecule has 6 nitrogen and oxygen atoms in total. The van der Waals surface area contributed by atoms with Crippen molar-refractivity contribution in [1.29, 1.82) is 0 Å². The second-order valence-corrected chi connectivity index (χ2v) is 10.7. The van der Waals surface area contributed by atoms with Crippen molar-refractivity contribution in [3.63, 3.8) is 0 Å². The highest BCUT2D eigenvalue weighted by atomic mass is 17.3. The normalized spacial score (nSPS) is 44.1. The van der Waals surface area contributed by atoms with E-state index in [0.717, 1.165) is 45.1 Å². The van der Waals surface area contributed by atoms with E-state index < -0.39 is 17.7 Å². The molecule has 0 aromatic heterocycles. The van der Waals surface area contributed by atoms with Crippen LogP contribution >= 0.6 is 0 Å². The Morgan fingerprint density at radius 3 is 2.32 bits per heavy atom. The molecule has 2 bridgehead atoms. The minimum atomic E-state index is -0.722. The van der Waals surface area contributed by atoms with Gasteiger partial charge in [0.05, 0.1) is 0 Å². The Morgan fingerprint density at radius 1 is 0.871 bits per heavy atom. The third-order valence-electron chi connectivity index (χ3n) is 8.43. The number of aliphatic hydroxyl groups is 1. The molecule has 180 valence electrons. The summed E-state index contributed by atoms with van der Waals surface area (Å²) < 4.78 is 19.1. The molecule has 4 saturated heterocycles. The van der Waals surface area contributed by atoms with Gasteiger partial charge in [0.25, 0.3) is 0 Å². The molecular weight excluding hydrogens is 396 g/mol. The first-order chi connectivity index (χ1) is 15.0. The van der Waals surface area contributed by atoms with Crippen LogP contribution in [0.5, 0.6) is 0 Å². The maximum absolute atomic E-state index is 8.83. The number of rotatable bonds is 11. The van der Waals surface area contributed by atoms with Crippen molar-refractivity contribution < 1.29 is 29.1 Å². The van der Waals surface area contributed by atoms with E-state index in [0.29, 0.717) is 24.4 Å². The van der Waals surface area contributed by atoms with Crippen LogP contribution in [0.1, 0.15) is 97.8 Å². The van der Waals surface area contributed by atoms with Crippen LogP contribution in [0.3, 0.4) is 0 Å². The summed E-state index contributed by atoms with van der Waals surface area (Å²) in [5.41, 5.74) is -0.497. The van der Waals surface area contributed by atoms with Crippen LogP contribution in [0.2, 0.25) is 0 Å².